The van der Waals surface area contributed by atoms with Gasteiger partial charge in [0.25, 0.3) is 0 Å². The number of aliphatic hydroxyl groups is 1. The summed E-state index contributed by atoms with van der Waals surface area (Å²) in [6, 6.07) is 15.1. The third kappa shape index (κ3) is 3.17. The van der Waals surface area contributed by atoms with Crippen LogP contribution in [-0.4, -0.2) is 35.7 Å². The van der Waals surface area contributed by atoms with Gasteiger partial charge in [-0.25, -0.2) is 0 Å². The molecule has 3 aromatic rings. The molecule has 22 heavy (non-hydrogen) atoms. The van der Waals surface area contributed by atoms with Crippen LogP contribution in [0.2, 0.25) is 0 Å². The van der Waals surface area contributed by atoms with Crippen molar-refractivity contribution < 1.29 is 5.11 Å². The van der Waals surface area contributed by atoms with Crippen LogP contribution in [-0.2, 0) is 6.42 Å². The molecule has 0 bridgehead atoms. The Balaban J connectivity index is 1.84. The second-order valence-electron chi connectivity index (χ2n) is 5.77. The predicted octanol–water partition coefficient (Wildman–Crippen LogP) is 4.30. The van der Waals surface area contributed by atoms with E-state index in [4.69, 9.17) is 0 Å². The number of thiophene rings is 1. The molecule has 0 aliphatic heterocycles. The van der Waals surface area contributed by atoms with Gasteiger partial charge in [0.15, 0.2) is 0 Å². The van der Waals surface area contributed by atoms with Crippen molar-refractivity contribution in [2.45, 2.75) is 26.4 Å². The van der Waals surface area contributed by atoms with Crippen LogP contribution in [0.4, 0.5) is 0 Å². The zero-order valence-corrected chi connectivity index (χ0v) is 14.1. The number of hydrogen-bond donors (Lipinski definition) is 1. The first kappa shape index (κ1) is 15.5. The van der Waals surface area contributed by atoms with Crippen molar-refractivity contribution in [2.24, 2.45) is 0 Å². The maximum Gasteiger partial charge on any atom is 0.0707 e. The maximum absolute atomic E-state index is 10.3. The van der Waals surface area contributed by atoms with E-state index in [1.165, 1.54) is 25.7 Å². The SMILES string of the molecule is CCN(CC)CC(O)Cc1ccc2sc3ccccc3c2c1. The van der Waals surface area contributed by atoms with Crippen molar-refractivity contribution in [2.75, 3.05) is 19.6 Å². The van der Waals surface area contributed by atoms with Crippen LogP contribution in [0.25, 0.3) is 20.2 Å². The number of fused-ring (bicyclic) bond motifs is 3. The summed E-state index contributed by atoms with van der Waals surface area (Å²) in [6.07, 6.45) is 0.415. The number of benzene rings is 2. The zero-order valence-electron chi connectivity index (χ0n) is 13.2. The molecule has 0 aliphatic rings. The highest BCUT2D eigenvalue weighted by Gasteiger charge is 2.11. The molecule has 0 aliphatic carbocycles. The number of nitrogens with zero attached hydrogens (tertiary/aromatic N) is 1. The van der Waals surface area contributed by atoms with Crippen LogP contribution in [0.5, 0.6) is 0 Å². The first-order valence-corrected chi connectivity index (χ1v) is 8.83. The largest absolute Gasteiger partial charge is 0.391 e. The summed E-state index contributed by atoms with van der Waals surface area (Å²) in [6.45, 7) is 7.00. The summed E-state index contributed by atoms with van der Waals surface area (Å²) < 4.78 is 2.65. The van der Waals surface area contributed by atoms with Gasteiger partial charge >= 0.3 is 0 Å². The van der Waals surface area contributed by atoms with Gasteiger partial charge in [0.2, 0.25) is 0 Å². The van der Waals surface area contributed by atoms with Crippen LogP contribution in [0.1, 0.15) is 19.4 Å². The maximum atomic E-state index is 10.3. The third-order valence-electron chi connectivity index (χ3n) is 4.28. The number of aliphatic hydroxyl groups excluding tert-OH is 1. The Bertz CT molecular complexity index is 760. The zero-order chi connectivity index (χ0) is 15.5. The van der Waals surface area contributed by atoms with Crippen molar-refractivity contribution in [3.05, 3.63) is 48.0 Å². The molecule has 0 saturated carbocycles. The first-order valence-electron chi connectivity index (χ1n) is 8.01. The van der Waals surface area contributed by atoms with Crippen LogP contribution in [0.3, 0.4) is 0 Å². The van der Waals surface area contributed by atoms with Crippen molar-refractivity contribution in [3.8, 4) is 0 Å². The van der Waals surface area contributed by atoms with Crippen LogP contribution < -0.4 is 0 Å². The highest BCUT2D eigenvalue weighted by molar-refractivity contribution is 7.25. The fourth-order valence-electron chi connectivity index (χ4n) is 3.02. The van der Waals surface area contributed by atoms with Gasteiger partial charge in [-0.3, -0.25) is 0 Å². The highest BCUT2D eigenvalue weighted by Crippen LogP contribution is 2.34. The summed E-state index contributed by atoms with van der Waals surface area (Å²) >= 11 is 1.84. The van der Waals surface area contributed by atoms with Gasteiger partial charge in [0.1, 0.15) is 0 Å². The molecule has 3 heteroatoms. The number of hydrogen-bond acceptors (Lipinski definition) is 3. The van der Waals surface area contributed by atoms with Gasteiger partial charge < -0.3 is 10.0 Å². The van der Waals surface area contributed by atoms with Gasteiger partial charge in [-0.1, -0.05) is 38.1 Å². The molecule has 2 nitrogen and oxygen atoms in total. The highest BCUT2D eigenvalue weighted by atomic mass is 32.1. The average molecular weight is 313 g/mol. The molecule has 1 N–H and O–H groups in total. The Morgan fingerprint density at radius 2 is 1.73 bits per heavy atom. The van der Waals surface area contributed by atoms with E-state index in [0.717, 1.165) is 26.1 Å². The Kier molecular flexibility index (Phi) is 4.77. The fourth-order valence-corrected chi connectivity index (χ4v) is 4.10. The van der Waals surface area contributed by atoms with E-state index >= 15 is 0 Å². The van der Waals surface area contributed by atoms with Gasteiger partial charge in [-0.05, 0) is 43.3 Å². The molecule has 0 radical (unpaired) electrons. The minimum absolute atomic E-state index is 0.303. The minimum atomic E-state index is -0.303. The van der Waals surface area contributed by atoms with Crippen molar-refractivity contribution in [1.29, 1.82) is 0 Å². The summed E-state index contributed by atoms with van der Waals surface area (Å²) in [7, 11) is 0. The predicted molar refractivity (Wildman–Crippen MR) is 96.8 cm³/mol. The lowest BCUT2D eigenvalue weighted by Gasteiger charge is -2.21. The molecular formula is C19H23NOS. The molecule has 116 valence electrons. The molecule has 0 saturated heterocycles. The Labute approximate surface area is 136 Å². The van der Waals surface area contributed by atoms with Crippen molar-refractivity contribution in [1.82, 2.24) is 4.90 Å². The van der Waals surface area contributed by atoms with E-state index in [9.17, 15) is 5.11 Å². The second-order valence-corrected chi connectivity index (χ2v) is 6.86. The monoisotopic (exact) mass is 313 g/mol. The van der Waals surface area contributed by atoms with Crippen LogP contribution in [0, 0.1) is 0 Å². The van der Waals surface area contributed by atoms with Gasteiger partial charge in [-0.2, -0.15) is 0 Å². The average Bonchev–Trinajstić information content (AvgIpc) is 2.90. The molecular weight excluding hydrogens is 290 g/mol. The van der Waals surface area contributed by atoms with Crippen LogP contribution >= 0.6 is 11.3 Å². The molecule has 0 fully saturated rings. The van der Waals surface area contributed by atoms with E-state index in [1.54, 1.807) is 0 Å². The van der Waals surface area contributed by atoms with E-state index in [-0.39, 0.29) is 6.10 Å². The second kappa shape index (κ2) is 6.78. The lowest BCUT2D eigenvalue weighted by atomic mass is 10.0. The fraction of sp³-hybridized carbons (Fsp3) is 0.368. The summed E-state index contributed by atoms with van der Waals surface area (Å²) in [5, 5.41) is 13.0. The van der Waals surface area contributed by atoms with Crippen molar-refractivity contribution >= 4 is 31.5 Å². The Morgan fingerprint density at radius 3 is 2.50 bits per heavy atom. The number of rotatable bonds is 6. The molecule has 1 aromatic heterocycles. The standard InChI is InChI=1S/C19H23NOS/c1-3-20(4-2)13-15(21)11-14-9-10-19-17(12-14)16-7-5-6-8-18(16)22-19/h5-10,12,15,21H,3-4,11,13H2,1-2H3. The van der Waals surface area contributed by atoms with Gasteiger partial charge in [0.05, 0.1) is 6.10 Å². The normalized spacial score (nSPS) is 13.3. The van der Waals surface area contributed by atoms with Gasteiger partial charge in [-0.15, -0.1) is 11.3 Å². The summed E-state index contributed by atoms with van der Waals surface area (Å²) in [4.78, 5) is 2.27. The molecule has 1 unspecified atom stereocenters. The molecule has 1 heterocycles. The first-order chi connectivity index (χ1) is 10.7. The quantitative estimate of drug-likeness (QED) is 0.733. The summed E-state index contributed by atoms with van der Waals surface area (Å²) in [5.74, 6) is 0. The van der Waals surface area contributed by atoms with Crippen LogP contribution in [0.15, 0.2) is 42.5 Å². The van der Waals surface area contributed by atoms with E-state index in [0.29, 0.717) is 0 Å². The van der Waals surface area contributed by atoms with E-state index < -0.39 is 0 Å². The number of likely N-dealkylation sites (N-methyl/N-ethyl adjacent to an activating group) is 1. The van der Waals surface area contributed by atoms with E-state index in [2.05, 4.69) is 61.2 Å². The molecule has 0 amide bonds. The third-order valence-corrected chi connectivity index (χ3v) is 5.43. The molecule has 1 atom stereocenters. The molecule has 2 aromatic carbocycles. The molecule has 0 spiro atoms. The topological polar surface area (TPSA) is 23.5 Å². The smallest absolute Gasteiger partial charge is 0.0707 e. The lowest BCUT2D eigenvalue weighted by Crippen LogP contribution is -2.33. The van der Waals surface area contributed by atoms with Crippen molar-refractivity contribution in [3.63, 3.8) is 0 Å². The van der Waals surface area contributed by atoms with E-state index in [1.807, 2.05) is 11.3 Å². The summed E-state index contributed by atoms with van der Waals surface area (Å²) in [5.41, 5.74) is 1.22. The molecule has 3 rings (SSSR count). The Hall–Kier alpha value is -1.42. The lowest BCUT2D eigenvalue weighted by molar-refractivity contribution is 0.118. The minimum Gasteiger partial charge on any atom is -0.391 e. The Morgan fingerprint density at radius 1 is 1.00 bits per heavy atom. The van der Waals surface area contributed by atoms with Gasteiger partial charge in [0, 0.05) is 26.7 Å².